The van der Waals surface area contributed by atoms with Crippen molar-refractivity contribution in [2.24, 2.45) is 0 Å². The number of alkyl carbamates (subject to hydrolysis) is 1. The second-order valence-electron chi connectivity index (χ2n) is 13.5. The molecule has 0 heterocycles. The number of hydrogen-bond acceptors (Lipinski definition) is 8. The third-order valence-corrected chi connectivity index (χ3v) is 6.14. The Hall–Kier alpha value is -4.12. The number of nitrogens with zero attached hydrogens (tertiary/aromatic N) is 1. The van der Waals surface area contributed by atoms with E-state index in [0.717, 1.165) is 5.56 Å². The number of benzene rings is 2. The molecule has 0 aliphatic heterocycles. The van der Waals surface area contributed by atoms with Gasteiger partial charge in [0.25, 0.3) is 0 Å². The van der Waals surface area contributed by atoms with Gasteiger partial charge in [0.2, 0.25) is 11.8 Å². The number of nitrogens with one attached hydrogen (secondary N) is 2. The largest absolute Gasteiger partial charge is 0.508 e. The number of aromatic hydroxyl groups is 1. The topological polar surface area (TPSA) is 154 Å². The second-order valence-corrected chi connectivity index (χ2v) is 13.5. The van der Waals surface area contributed by atoms with Gasteiger partial charge in [-0.2, -0.15) is 0 Å². The van der Waals surface area contributed by atoms with Crippen molar-refractivity contribution in [3.63, 3.8) is 0 Å². The molecule has 0 saturated heterocycles. The first-order chi connectivity index (χ1) is 20.2. The van der Waals surface area contributed by atoms with Crippen LogP contribution in [0.3, 0.4) is 0 Å². The van der Waals surface area contributed by atoms with Crippen molar-refractivity contribution in [1.29, 1.82) is 0 Å². The van der Waals surface area contributed by atoms with E-state index in [-0.39, 0.29) is 12.2 Å². The first-order valence-corrected chi connectivity index (χ1v) is 14.5. The zero-order valence-corrected chi connectivity index (χ0v) is 27.1. The molecule has 242 valence electrons. The molecule has 4 N–H and O–H groups in total. The summed E-state index contributed by atoms with van der Waals surface area (Å²) in [7, 11) is 0. The molecule has 11 nitrogen and oxygen atoms in total. The molecule has 2 aromatic carbocycles. The van der Waals surface area contributed by atoms with Crippen molar-refractivity contribution >= 4 is 23.9 Å². The zero-order valence-electron chi connectivity index (χ0n) is 27.1. The van der Waals surface area contributed by atoms with E-state index < -0.39 is 65.4 Å². The molecule has 0 aromatic heterocycles. The predicted molar refractivity (Wildman–Crippen MR) is 166 cm³/mol. The first kappa shape index (κ1) is 36.1. The van der Waals surface area contributed by atoms with Crippen molar-refractivity contribution in [3.05, 3.63) is 65.7 Å². The standard InChI is InChI=1S/C33H47N3O8/c1-31(2,3)36(28(40)25(20-37)35-30(42)44-33(7,8)9)26(22-15-17-23(38)18-16-22)27(39)34-24(29(41)43-32(4,5)6)19-21-13-11-10-12-14-21/h10-18,24-26,37-38H,19-20H2,1-9H3,(H,34,39)(H,35,42). The Morgan fingerprint density at radius 3 is 1.80 bits per heavy atom. The molecular weight excluding hydrogens is 566 g/mol. The Labute approximate surface area is 259 Å². The van der Waals surface area contributed by atoms with E-state index in [1.165, 1.54) is 29.2 Å². The molecular formula is C33H47N3O8. The summed E-state index contributed by atoms with van der Waals surface area (Å²) in [5.74, 6) is -2.19. The van der Waals surface area contributed by atoms with Crippen LogP contribution in [0.25, 0.3) is 0 Å². The summed E-state index contributed by atoms with van der Waals surface area (Å²) in [6.07, 6.45) is -0.801. The Bertz CT molecular complexity index is 1280. The minimum absolute atomic E-state index is 0.0583. The van der Waals surface area contributed by atoms with Gasteiger partial charge in [-0.05, 0) is 85.6 Å². The summed E-state index contributed by atoms with van der Waals surface area (Å²) in [6, 6.07) is 10.9. The smallest absolute Gasteiger partial charge is 0.408 e. The molecule has 2 aromatic rings. The van der Waals surface area contributed by atoms with Crippen LogP contribution in [0.15, 0.2) is 54.6 Å². The van der Waals surface area contributed by atoms with Crippen LogP contribution in [0.4, 0.5) is 4.79 Å². The minimum Gasteiger partial charge on any atom is -0.508 e. The summed E-state index contributed by atoms with van der Waals surface area (Å²) in [5.41, 5.74) is -1.64. The summed E-state index contributed by atoms with van der Waals surface area (Å²) in [5, 5.41) is 25.3. The Morgan fingerprint density at radius 2 is 1.32 bits per heavy atom. The van der Waals surface area contributed by atoms with Crippen molar-refractivity contribution in [1.82, 2.24) is 15.5 Å². The molecule has 0 bridgehead atoms. The van der Waals surface area contributed by atoms with Gasteiger partial charge < -0.3 is 35.2 Å². The number of aliphatic hydroxyl groups is 1. The lowest BCUT2D eigenvalue weighted by Gasteiger charge is -2.43. The maximum absolute atomic E-state index is 14.3. The van der Waals surface area contributed by atoms with Gasteiger partial charge in [0.15, 0.2) is 0 Å². The molecule has 3 atom stereocenters. The van der Waals surface area contributed by atoms with E-state index in [4.69, 9.17) is 9.47 Å². The summed E-state index contributed by atoms with van der Waals surface area (Å²) >= 11 is 0. The highest BCUT2D eigenvalue weighted by atomic mass is 16.6. The Balaban J connectivity index is 2.59. The lowest BCUT2D eigenvalue weighted by molar-refractivity contribution is -0.159. The third kappa shape index (κ3) is 11.2. The minimum atomic E-state index is -1.46. The van der Waals surface area contributed by atoms with Gasteiger partial charge in [-0.1, -0.05) is 42.5 Å². The monoisotopic (exact) mass is 613 g/mol. The van der Waals surface area contributed by atoms with E-state index >= 15 is 0 Å². The molecule has 0 saturated carbocycles. The molecule has 44 heavy (non-hydrogen) atoms. The van der Waals surface area contributed by atoms with Crippen LogP contribution in [0.2, 0.25) is 0 Å². The van der Waals surface area contributed by atoms with Gasteiger partial charge in [0.05, 0.1) is 6.61 Å². The number of carbonyl (C=O) groups is 4. The fourth-order valence-corrected chi connectivity index (χ4v) is 4.39. The number of esters is 1. The fraction of sp³-hybridized carbons (Fsp3) is 0.515. The van der Waals surface area contributed by atoms with E-state index in [9.17, 15) is 29.4 Å². The van der Waals surface area contributed by atoms with Crippen LogP contribution in [0.1, 0.15) is 79.5 Å². The van der Waals surface area contributed by atoms with Crippen molar-refractivity contribution in [2.75, 3.05) is 6.61 Å². The number of carbonyl (C=O) groups excluding carboxylic acids is 4. The average molecular weight is 614 g/mol. The predicted octanol–water partition coefficient (Wildman–Crippen LogP) is 4.02. The lowest BCUT2D eigenvalue weighted by atomic mass is 9.95. The number of hydrogen-bond donors (Lipinski definition) is 4. The molecule has 0 aliphatic rings. The van der Waals surface area contributed by atoms with E-state index in [2.05, 4.69) is 10.6 Å². The summed E-state index contributed by atoms with van der Waals surface area (Å²) in [4.78, 5) is 55.5. The lowest BCUT2D eigenvalue weighted by Crippen LogP contribution is -2.60. The van der Waals surface area contributed by atoms with Gasteiger partial charge in [-0.15, -0.1) is 0 Å². The maximum atomic E-state index is 14.3. The van der Waals surface area contributed by atoms with E-state index in [1.807, 2.05) is 30.3 Å². The van der Waals surface area contributed by atoms with Gasteiger partial charge in [-0.25, -0.2) is 9.59 Å². The first-order valence-electron chi connectivity index (χ1n) is 14.5. The van der Waals surface area contributed by atoms with E-state index in [0.29, 0.717) is 5.56 Å². The second kappa shape index (κ2) is 14.6. The quantitative estimate of drug-likeness (QED) is 0.293. The molecule has 3 unspecified atom stereocenters. The maximum Gasteiger partial charge on any atom is 0.408 e. The molecule has 0 spiro atoms. The van der Waals surface area contributed by atoms with Crippen LogP contribution < -0.4 is 10.6 Å². The van der Waals surface area contributed by atoms with Crippen LogP contribution in [0.5, 0.6) is 5.75 Å². The highest BCUT2D eigenvalue weighted by Crippen LogP contribution is 2.31. The molecule has 0 radical (unpaired) electrons. The molecule has 0 fully saturated rings. The average Bonchev–Trinajstić information content (AvgIpc) is 2.88. The van der Waals surface area contributed by atoms with Crippen molar-refractivity contribution in [3.8, 4) is 5.75 Å². The van der Waals surface area contributed by atoms with Crippen LogP contribution in [-0.4, -0.2) is 74.4 Å². The summed E-state index contributed by atoms with van der Waals surface area (Å²) < 4.78 is 10.9. The normalized spacial score (nSPS) is 14.0. The van der Waals surface area contributed by atoms with Gasteiger partial charge in [0, 0.05) is 12.0 Å². The number of aliphatic hydroxyl groups excluding tert-OH is 1. The van der Waals surface area contributed by atoms with Crippen LogP contribution >= 0.6 is 0 Å². The molecule has 0 aliphatic carbocycles. The van der Waals surface area contributed by atoms with Gasteiger partial charge in [0.1, 0.15) is 35.1 Å². The van der Waals surface area contributed by atoms with Gasteiger partial charge >= 0.3 is 12.1 Å². The van der Waals surface area contributed by atoms with Crippen molar-refractivity contribution < 1.29 is 38.9 Å². The van der Waals surface area contributed by atoms with Crippen LogP contribution in [-0.2, 0) is 30.3 Å². The molecule has 2 rings (SSSR count). The Morgan fingerprint density at radius 1 is 0.773 bits per heavy atom. The SMILES string of the molecule is CC(C)(C)OC(=O)NC(CO)C(=O)N(C(C(=O)NC(Cc1ccccc1)C(=O)OC(C)(C)C)c1ccc(O)cc1)C(C)(C)C. The fourth-order valence-electron chi connectivity index (χ4n) is 4.39. The number of phenolic OH excluding ortho intramolecular Hbond substituents is 1. The number of amides is 3. The number of ether oxygens (including phenoxy) is 2. The number of phenols is 1. The highest BCUT2D eigenvalue weighted by Gasteiger charge is 2.43. The molecule has 11 heteroatoms. The summed E-state index contributed by atoms with van der Waals surface area (Å²) in [6.45, 7) is 14.5. The number of rotatable bonds is 10. The van der Waals surface area contributed by atoms with E-state index in [1.54, 1.807) is 62.3 Å². The highest BCUT2D eigenvalue weighted by molar-refractivity contribution is 5.94. The zero-order chi connectivity index (χ0) is 33.5. The van der Waals surface area contributed by atoms with Crippen molar-refractivity contribution in [2.45, 2.75) is 104 Å². The van der Waals surface area contributed by atoms with Crippen LogP contribution in [0, 0.1) is 0 Å². The van der Waals surface area contributed by atoms with Gasteiger partial charge in [-0.3, -0.25) is 9.59 Å². The Kier molecular flexibility index (Phi) is 11.9. The molecule has 3 amide bonds. The third-order valence-electron chi connectivity index (χ3n) is 6.14.